The first-order valence-corrected chi connectivity index (χ1v) is 10.0. The second kappa shape index (κ2) is 8.92. The molecule has 26 heavy (non-hydrogen) atoms. The summed E-state index contributed by atoms with van der Waals surface area (Å²) in [5, 5.41) is 7.52. The van der Waals surface area contributed by atoms with Crippen molar-refractivity contribution in [2.75, 3.05) is 6.54 Å². The van der Waals surface area contributed by atoms with E-state index in [1.54, 1.807) is 18.2 Å². The van der Waals surface area contributed by atoms with Crippen molar-refractivity contribution >= 4 is 34.8 Å². The molecular formula is C20H25Cl2N3O. The number of amides is 1. The Morgan fingerprint density at radius 1 is 1.23 bits per heavy atom. The molecule has 0 aromatic heterocycles. The van der Waals surface area contributed by atoms with E-state index in [1.165, 1.54) is 5.71 Å². The van der Waals surface area contributed by atoms with Crippen molar-refractivity contribution in [3.05, 3.63) is 45.7 Å². The standard InChI is InChI=1S/C20H25Cl2N3O/c1-13-3-2-4-19(24-13)23-12-14-5-8-16(9-6-14)25-20(26)17-11-15(21)7-10-18(17)22/h4,7,10-11,14,16,23H,2-3,5-6,8-9,12H2,1H3,(H,25,26). The summed E-state index contributed by atoms with van der Waals surface area (Å²) >= 11 is 12.1. The lowest BCUT2D eigenvalue weighted by Gasteiger charge is -2.29. The fourth-order valence-electron chi connectivity index (χ4n) is 3.53. The van der Waals surface area contributed by atoms with Crippen molar-refractivity contribution in [3.8, 4) is 0 Å². The van der Waals surface area contributed by atoms with Crippen LogP contribution in [0.25, 0.3) is 0 Å². The third-order valence-electron chi connectivity index (χ3n) is 5.08. The van der Waals surface area contributed by atoms with Gasteiger partial charge in [-0.2, -0.15) is 0 Å². The van der Waals surface area contributed by atoms with Crippen LogP contribution < -0.4 is 10.6 Å². The van der Waals surface area contributed by atoms with Crippen molar-refractivity contribution in [2.45, 2.75) is 51.5 Å². The van der Waals surface area contributed by atoms with Crippen LogP contribution in [0.2, 0.25) is 10.0 Å². The van der Waals surface area contributed by atoms with Crippen molar-refractivity contribution in [3.63, 3.8) is 0 Å². The molecule has 1 aromatic rings. The van der Waals surface area contributed by atoms with E-state index in [0.29, 0.717) is 21.5 Å². The van der Waals surface area contributed by atoms with Crippen LogP contribution in [0.15, 0.2) is 35.1 Å². The predicted molar refractivity (Wildman–Crippen MR) is 108 cm³/mol. The highest BCUT2D eigenvalue weighted by Gasteiger charge is 2.23. The Bertz CT molecular complexity index is 722. The number of carbonyl (C=O) groups excluding carboxylic acids is 1. The Morgan fingerprint density at radius 3 is 2.73 bits per heavy atom. The van der Waals surface area contributed by atoms with Crippen LogP contribution in [0.1, 0.15) is 55.8 Å². The molecule has 0 atom stereocenters. The van der Waals surface area contributed by atoms with Gasteiger partial charge in [0.05, 0.1) is 10.6 Å². The lowest BCUT2D eigenvalue weighted by Crippen LogP contribution is -2.39. The van der Waals surface area contributed by atoms with Gasteiger partial charge in [-0.1, -0.05) is 23.2 Å². The largest absolute Gasteiger partial charge is 0.370 e. The first-order chi connectivity index (χ1) is 12.5. The van der Waals surface area contributed by atoms with E-state index in [-0.39, 0.29) is 11.9 Å². The maximum atomic E-state index is 12.4. The van der Waals surface area contributed by atoms with Gasteiger partial charge in [-0.15, -0.1) is 0 Å². The van der Waals surface area contributed by atoms with E-state index < -0.39 is 0 Å². The van der Waals surface area contributed by atoms with Gasteiger partial charge in [-0.3, -0.25) is 4.79 Å². The Hall–Kier alpha value is -1.52. The molecule has 6 heteroatoms. The maximum Gasteiger partial charge on any atom is 0.253 e. The molecule has 4 nitrogen and oxygen atoms in total. The zero-order chi connectivity index (χ0) is 18.5. The Kier molecular flexibility index (Phi) is 6.60. The van der Waals surface area contributed by atoms with Crippen LogP contribution in [0, 0.1) is 5.92 Å². The number of carbonyl (C=O) groups is 1. The van der Waals surface area contributed by atoms with Crippen LogP contribution in [-0.4, -0.2) is 24.2 Å². The van der Waals surface area contributed by atoms with E-state index in [0.717, 1.165) is 50.9 Å². The molecule has 2 aliphatic rings. The highest BCUT2D eigenvalue weighted by atomic mass is 35.5. The number of nitrogens with zero attached hydrogens (tertiary/aromatic N) is 1. The summed E-state index contributed by atoms with van der Waals surface area (Å²) in [5.74, 6) is 1.49. The lowest BCUT2D eigenvalue weighted by molar-refractivity contribution is 0.0922. The molecule has 3 rings (SSSR count). The summed E-state index contributed by atoms with van der Waals surface area (Å²) in [5.41, 5.74) is 1.64. The third kappa shape index (κ3) is 5.24. The molecule has 1 aliphatic carbocycles. The van der Waals surface area contributed by atoms with Crippen LogP contribution in [0.4, 0.5) is 0 Å². The van der Waals surface area contributed by atoms with Gasteiger partial charge < -0.3 is 10.6 Å². The van der Waals surface area contributed by atoms with E-state index in [4.69, 9.17) is 23.2 Å². The SMILES string of the molecule is CC1=NC(NCC2CCC(NC(=O)c3cc(Cl)ccc3Cl)CC2)=CCC1. The van der Waals surface area contributed by atoms with Gasteiger partial charge in [0.25, 0.3) is 5.91 Å². The number of hydrogen-bond acceptors (Lipinski definition) is 3. The molecule has 0 unspecified atom stereocenters. The summed E-state index contributed by atoms with van der Waals surface area (Å²) in [4.78, 5) is 17.0. The molecule has 0 spiro atoms. The van der Waals surface area contributed by atoms with Crippen LogP contribution >= 0.6 is 23.2 Å². The fourth-order valence-corrected chi connectivity index (χ4v) is 3.91. The van der Waals surface area contributed by atoms with Gasteiger partial charge in [0.2, 0.25) is 0 Å². The summed E-state index contributed by atoms with van der Waals surface area (Å²) in [6.45, 7) is 3.03. The normalized spacial score (nSPS) is 23.0. The van der Waals surface area contributed by atoms with E-state index >= 15 is 0 Å². The van der Waals surface area contributed by atoms with Crippen LogP contribution in [0.5, 0.6) is 0 Å². The molecule has 1 aliphatic heterocycles. The highest BCUT2D eigenvalue weighted by molar-refractivity contribution is 6.35. The van der Waals surface area contributed by atoms with Gasteiger partial charge in [0.15, 0.2) is 0 Å². The molecule has 1 saturated carbocycles. The van der Waals surface area contributed by atoms with E-state index in [2.05, 4.69) is 28.6 Å². The average Bonchev–Trinajstić information content (AvgIpc) is 2.63. The quantitative estimate of drug-likeness (QED) is 0.741. The summed E-state index contributed by atoms with van der Waals surface area (Å²) in [6.07, 6.45) is 8.46. The monoisotopic (exact) mass is 393 g/mol. The topological polar surface area (TPSA) is 53.5 Å². The molecule has 1 aromatic carbocycles. The minimum Gasteiger partial charge on any atom is -0.370 e. The summed E-state index contributed by atoms with van der Waals surface area (Å²) in [7, 11) is 0. The molecule has 1 heterocycles. The smallest absolute Gasteiger partial charge is 0.253 e. The molecule has 0 bridgehead atoms. The summed E-state index contributed by atoms with van der Waals surface area (Å²) < 4.78 is 0. The highest BCUT2D eigenvalue weighted by Crippen LogP contribution is 2.26. The number of aliphatic imine (C=N–C) groups is 1. The first kappa shape index (κ1) is 19.2. The number of nitrogens with one attached hydrogen (secondary N) is 2. The van der Waals surface area contributed by atoms with E-state index in [9.17, 15) is 4.79 Å². The predicted octanol–water partition coefficient (Wildman–Crippen LogP) is 4.97. The number of rotatable bonds is 5. The average molecular weight is 394 g/mol. The van der Waals surface area contributed by atoms with Gasteiger partial charge in [-0.25, -0.2) is 4.99 Å². The Labute approximate surface area is 165 Å². The molecular weight excluding hydrogens is 369 g/mol. The van der Waals surface area contributed by atoms with Gasteiger partial charge in [0, 0.05) is 23.3 Å². The summed E-state index contributed by atoms with van der Waals surface area (Å²) in [6, 6.07) is 5.16. The lowest BCUT2D eigenvalue weighted by atomic mass is 9.86. The molecule has 2 N–H and O–H groups in total. The Morgan fingerprint density at radius 2 is 2.00 bits per heavy atom. The van der Waals surface area contributed by atoms with Gasteiger partial charge >= 0.3 is 0 Å². The van der Waals surface area contributed by atoms with Crippen molar-refractivity contribution in [1.82, 2.24) is 10.6 Å². The van der Waals surface area contributed by atoms with Crippen LogP contribution in [-0.2, 0) is 0 Å². The molecule has 0 saturated heterocycles. The molecule has 0 radical (unpaired) electrons. The zero-order valence-corrected chi connectivity index (χ0v) is 16.5. The number of benzene rings is 1. The second-order valence-corrected chi connectivity index (χ2v) is 8.01. The second-order valence-electron chi connectivity index (χ2n) is 7.17. The molecule has 140 valence electrons. The fraction of sp³-hybridized carbons (Fsp3) is 0.500. The zero-order valence-electron chi connectivity index (χ0n) is 15.0. The number of allylic oxidation sites excluding steroid dienone is 1. The molecule has 1 fully saturated rings. The Balaban J connectivity index is 1.44. The van der Waals surface area contributed by atoms with Crippen molar-refractivity contribution < 1.29 is 4.79 Å². The number of halogens is 2. The van der Waals surface area contributed by atoms with E-state index in [1.807, 2.05) is 0 Å². The van der Waals surface area contributed by atoms with Crippen molar-refractivity contribution in [2.24, 2.45) is 10.9 Å². The molecule has 1 amide bonds. The number of hydrogen-bond donors (Lipinski definition) is 2. The first-order valence-electron chi connectivity index (χ1n) is 9.25. The third-order valence-corrected chi connectivity index (χ3v) is 5.65. The van der Waals surface area contributed by atoms with Crippen LogP contribution in [0.3, 0.4) is 0 Å². The minimum atomic E-state index is -0.142. The maximum absolute atomic E-state index is 12.4. The van der Waals surface area contributed by atoms with Gasteiger partial charge in [-0.05, 0) is 75.6 Å². The minimum absolute atomic E-state index is 0.142. The van der Waals surface area contributed by atoms with Crippen molar-refractivity contribution in [1.29, 1.82) is 0 Å². The van der Waals surface area contributed by atoms with Gasteiger partial charge in [0.1, 0.15) is 5.82 Å².